The largest absolute Gasteiger partial charge is 0.466 e. The molecule has 2 bridgehead atoms. The number of ether oxygens (including phenoxy) is 1. The van der Waals surface area contributed by atoms with Gasteiger partial charge in [0.05, 0.1) is 13.2 Å². The summed E-state index contributed by atoms with van der Waals surface area (Å²) in [7, 11) is 0.0381. The van der Waals surface area contributed by atoms with Crippen molar-refractivity contribution in [1.29, 1.82) is 0 Å². The summed E-state index contributed by atoms with van der Waals surface area (Å²) < 4.78 is 16.6. The van der Waals surface area contributed by atoms with E-state index in [-0.39, 0.29) is 16.9 Å². The lowest BCUT2D eigenvalue weighted by Crippen LogP contribution is -2.43. The maximum atomic E-state index is 12.1. The van der Waals surface area contributed by atoms with Crippen molar-refractivity contribution in [3.05, 3.63) is 11.5 Å². The first-order chi connectivity index (χ1) is 8.83. The summed E-state index contributed by atoms with van der Waals surface area (Å²) in [6, 6.07) is 0. The number of carbonyl (C=O) groups is 1. The molecule has 0 aromatic carbocycles. The smallest absolute Gasteiger partial charge is 0.331 e. The SMILES string of the molecule is COC(=O)/C=C/S(=O)CC12CCC(CC1O)C2(C)C. The molecule has 0 heterocycles. The second-order valence-electron chi connectivity index (χ2n) is 6.22. The average Bonchev–Trinajstić information content (AvgIpc) is 2.70. The lowest BCUT2D eigenvalue weighted by Gasteiger charge is -2.39. The minimum Gasteiger partial charge on any atom is -0.466 e. The molecule has 4 atom stereocenters. The van der Waals surface area contributed by atoms with Gasteiger partial charge in [-0.3, -0.25) is 4.21 Å². The van der Waals surface area contributed by atoms with Crippen LogP contribution in [-0.2, 0) is 20.3 Å². The van der Waals surface area contributed by atoms with Crippen LogP contribution in [0.4, 0.5) is 0 Å². The van der Waals surface area contributed by atoms with Gasteiger partial charge in [-0.1, -0.05) is 13.8 Å². The number of hydrogen-bond donors (Lipinski definition) is 1. The van der Waals surface area contributed by atoms with Crippen molar-refractivity contribution < 1.29 is 18.8 Å². The maximum absolute atomic E-state index is 12.1. The van der Waals surface area contributed by atoms with E-state index in [9.17, 15) is 14.1 Å². The highest BCUT2D eigenvalue weighted by Crippen LogP contribution is 2.65. The van der Waals surface area contributed by atoms with Crippen LogP contribution in [0, 0.1) is 16.7 Å². The van der Waals surface area contributed by atoms with Gasteiger partial charge in [-0.2, -0.15) is 0 Å². The summed E-state index contributed by atoms with van der Waals surface area (Å²) in [4.78, 5) is 11.0. The van der Waals surface area contributed by atoms with Crippen molar-refractivity contribution in [3.8, 4) is 0 Å². The number of methoxy groups -OCH3 is 1. The Bertz CT molecular complexity index is 429. The number of fused-ring (bicyclic) bond motifs is 2. The molecule has 0 aromatic heterocycles. The van der Waals surface area contributed by atoms with E-state index in [0.29, 0.717) is 11.7 Å². The predicted octanol–water partition coefficient (Wildman–Crippen LogP) is 1.61. The van der Waals surface area contributed by atoms with Gasteiger partial charge in [-0.15, -0.1) is 0 Å². The van der Waals surface area contributed by atoms with Crippen molar-refractivity contribution >= 4 is 16.8 Å². The minimum atomic E-state index is -1.25. The third-order valence-electron chi connectivity index (χ3n) is 5.35. The number of aliphatic hydroxyl groups excluding tert-OH is 1. The molecule has 19 heavy (non-hydrogen) atoms. The fourth-order valence-corrected chi connectivity index (χ4v) is 5.46. The highest BCUT2D eigenvalue weighted by Gasteiger charge is 2.63. The predicted molar refractivity (Wildman–Crippen MR) is 73.7 cm³/mol. The molecule has 4 nitrogen and oxygen atoms in total. The highest BCUT2D eigenvalue weighted by molar-refractivity contribution is 7.88. The Balaban J connectivity index is 2.11. The zero-order chi connectivity index (χ0) is 14.3. The summed E-state index contributed by atoms with van der Waals surface area (Å²) in [6.07, 6.45) is 3.65. The van der Waals surface area contributed by atoms with Crippen LogP contribution in [0.3, 0.4) is 0 Å². The zero-order valence-corrected chi connectivity index (χ0v) is 12.5. The van der Waals surface area contributed by atoms with Gasteiger partial charge < -0.3 is 9.84 Å². The Morgan fingerprint density at radius 3 is 2.68 bits per heavy atom. The second kappa shape index (κ2) is 5.02. The summed E-state index contributed by atoms with van der Waals surface area (Å²) in [5.41, 5.74) is -0.260. The first kappa shape index (κ1) is 14.7. The molecule has 0 aliphatic heterocycles. The number of esters is 1. The van der Waals surface area contributed by atoms with E-state index in [4.69, 9.17) is 0 Å². The van der Waals surface area contributed by atoms with Crippen LogP contribution in [0.5, 0.6) is 0 Å². The first-order valence-electron chi connectivity index (χ1n) is 6.65. The Hall–Kier alpha value is -0.680. The Labute approximate surface area is 116 Å². The van der Waals surface area contributed by atoms with Crippen LogP contribution >= 0.6 is 0 Å². The van der Waals surface area contributed by atoms with Crippen molar-refractivity contribution in [2.75, 3.05) is 12.9 Å². The van der Waals surface area contributed by atoms with E-state index < -0.39 is 16.8 Å². The lowest BCUT2D eigenvalue weighted by atomic mass is 9.70. The molecular weight excluding hydrogens is 264 g/mol. The number of aliphatic hydroxyl groups is 1. The molecular formula is C14H22O4S. The molecule has 2 aliphatic rings. The Morgan fingerprint density at radius 2 is 2.21 bits per heavy atom. The van der Waals surface area contributed by atoms with Gasteiger partial charge in [0.2, 0.25) is 0 Å². The molecule has 0 spiro atoms. The molecule has 2 rings (SSSR count). The molecule has 5 heteroatoms. The van der Waals surface area contributed by atoms with Crippen LogP contribution in [0.2, 0.25) is 0 Å². The molecule has 2 saturated carbocycles. The second-order valence-corrected chi connectivity index (χ2v) is 7.54. The lowest BCUT2D eigenvalue weighted by molar-refractivity contribution is -0.134. The topological polar surface area (TPSA) is 63.6 Å². The van der Waals surface area contributed by atoms with Crippen molar-refractivity contribution in [3.63, 3.8) is 0 Å². The summed E-state index contributed by atoms with van der Waals surface area (Å²) in [5.74, 6) is 0.441. The van der Waals surface area contributed by atoms with Crippen LogP contribution in [-0.4, -0.2) is 34.3 Å². The molecule has 0 aromatic rings. The van der Waals surface area contributed by atoms with Crippen LogP contribution in [0.1, 0.15) is 33.1 Å². The van der Waals surface area contributed by atoms with Gasteiger partial charge in [0.1, 0.15) is 0 Å². The van der Waals surface area contributed by atoms with Gasteiger partial charge in [0.15, 0.2) is 0 Å². The van der Waals surface area contributed by atoms with Crippen molar-refractivity contribution in [2.45, 2.75) is 39.2 Å². The first-order valence-corrected chi connectivity index (χ1v) is 8.03. The molecule has 2 fully saturated rings. The monoisotopic (exact) mass is 286 g/mol. The van der Waals surface area contributed by atoms with E-state index >= 15 is 0 Å². The molecule has 0 radical (unpaired) electrons. The van der Waals surface area contributed by atoms with Crippen LogP contribution in [0.25, 0.3) is 0 Å². The summed E-state index contributed by atoms with van der Waals surface area (Å²) >= 11 is 0. The average molecular weight is 286 g/mol. The fraction of sp³-hybridized carbons (Fsp3) is 0.786. The van der Waals surface area contributed by atoms with Crippen LogP contribution < -0.4 is 0 Å². The van der Waals surface area contributed by atoms with E-state index in [1.54, 1.807) is 0 Å². The fourth-order valence-electron chi connectivity index (χ4n) is 3.88. The summed E-state index contributed by atoms with van der Waals surface area (Å²) in [5, 5.41) is 11.7. The Morgan fingerprint density at radius 1 is 1.53 bits per heavy atom. The van der Waals surface area contributed by atoms with Gasteiger partial charge in [-0.25, -0.2) is 4.79 Å². The molecule has 2 aliphatic carbocycles. The summed E-state index contributed by atoms with van der Waals surface area (Å²) in [6.45, 7) is 4.34. The van der Waals surface area contributed by atoms with Gasteiger partial charge >= 0.3 is 5.97 Å². The van der Waals surface area contributed by atoms with Crippen molar-refractivity contribution in [2.24, 2.45) is 16.7 Å². The highest BCUT2D eigenvalue weighted by atomic mass is 32.2. The number of hydrogen-bond acceptors (Lipinski definition) is 4. The van der Waals surface area contributed by atoms with E-state index in [2.05, 4.69) is 18.6 Å². The van der Waals surface area contributed by atoms with E-state index in [1.807, 2.05) is 0 Å². The third-order valence-corrected chi connectivity index (χ3v) is 6.58. The molecule has 0 amide bonds. The maximum Gasteiger partial charge on any atom is 0.331 e. The molecule has 1 N–H and O–H groups in total. The standard InChI is InChI=1S/C14H22O4S/c1-13(2)10-4-6-14(13,11(15)8-10)9-19(17)7-5-12(16)18-3/h5,7,10-11,15H,4,6,8-9H2,1-3H3/b7-5+. The molecule has 4 unspecified atom stereocenters. The number of carbonyl (C=O) groups excluding carboxylic acids is 1. The van der Waals surface area contributed by atoms with E-state index in [0.717, 1.165) is 19.3 Å². The zero-order valence-electron chi connectivity index (χ0n) is 11.7. The molecule has 108 valence electrons. The van der Waals surface area contributed by atoms with E-state index in [1.165, 1.54) is 18.6 Å². The minimum absolute atomic E-state index is 0.0151. The van der Waals surface area contributed by atoms with Gasteiger partial charge in [-0.05, 0) is 30.6 Å². The van der Waals surface area contributed by atoms with Crippen LogP contribution in [0.15, 0.2) is 11.5 Å². The van der Waals surface area contributed by atoms with Gasteiger partial charge in [0, 0.05) is 33.5 Å². The quantitative estimate of drug-likeness (QED) is 0.630. The molecule has 0 saturated heterocycles. The number of rotatable bonds is 4. The Kier molecular flexibility index (Phi) is 3.89. The normalized spacial score (nSPS) is 37.7. The van der Waals surface area contributed by atoms with Crippen molar-refractivity contribution in [1.82, 2.24) is 0 Å². The van der Waals surface area contributed by atoms with Gasteiger partial charge in [0.25, 0.3) is 0 Å². The third kappa shape index (κ3) is 2.27.